The lowest BCUT2D eigenvalue weighted by Crippen LogP contribution is -2.37. The molecule has 0 radical (unpaired) electrons. The van der Waals surface area contributed by atoms with Crippen molar-refractivity contribution in [1.82, 2.24) is 10.5 Å². The van der Waals surface area contributed by atoms with Gasteiger partial charge in [0.2, 0.25) is 0 Å². The molecule has 0 amide bonds. The summed E-state index contributed by atoms with van der Waals surface area (Å²) in [6, 6.07) is 9.61. The highest BCUT2D eigenvalue weighted by Crippen LogP contribution is 2.39. The Balaban J connectivity index is 0.000000261. The third kappa shape index (κ3) is 4.29. The smallest absolute Gasteiger partial charge is 0.408 e. The first-order valence-electron chi connectivity index (χ1n) is 7.74. The van der Waals surface area contributed by atoms with Gasteiger partial charge >= 0.3 is 5.43 Å². The lowest BCUT2D eigenvalue weighted by Gasteiger charge is -2.27. The highest BCUT2D eigenvalue weighted by atomic mass is 35.5. The minimum absolute atomic E-state index is 0. The largest absolute Gasteiger partial charge is 0.423 e. The number of benzene rings is 1. The summed E-state index contributed by atoms with van der Waals surface area (Å²) in [5.41, 5.74) is 1.25. The highest BCUT2D eigenvalue weighted by Gasteiger charge is 2.35. The molecular weight excluding hydrogens is 351 g/mol. The fraction of sp³-hybridized carbons (Fsp3) is 0.412. The SMILES string of the molecule is C=COC(=O)Cl.Cl.c1ccc2c(C3CC4CCC(C3)N4)noc2c1. The zero-order valence-corrected chi connectivity index (χ0v) is 14.7. The number of hydrogen-bond acceptors (Lipinski definition) is 5. The molecule has 1 N–H and O–H groups in total. The van der Waals surface area contributed by atoms with Crippen molar-refractivity contribution in [3.8, 4) is 0 Å². The van der Waals surface area contributed by atoms with Crippen molar-refractivity contribution in [2.45, 2.75) is 43.7 Å². The number of halogens is 2. The molecule has 2 atom stereocenters. The van der Waals surface area contributed by atoms with E-state index in [2.05, 4.69) is 45.5 Å². The molecule has 2 aliphatic rings. The predicted molar refractivity (Wildman–Crippen MR) is 95.7 cm³/mol. The quantitative estimate of drug-likeness (QED) is 0.610. The van der Waals surface area contributed by atoms with E-state index in [0.29, 0.717) is 18.0 Å². The molecule has 2 bridgehead atoms. The van der Waals surface area contributed by atoms with Gasteiger partial charge in [0.15, 0.2) is 5.58 Å². The van der Waals surface area contributed by atoms with Crippen LogP contribution in [0.15, 0.2) is 41.6 Å². The van der Waals surface area contributed by atoms with Gasteiger partial charge in [-0.05, 0) is 37.8 Å². The Kier molecular flexibility index (Phi) is 6.66. The van der Waals surface area contributed by atoms with Gasteiger partial charge in [-0.15, -0.1) is 12.4 Å². The standard InChI is InChI=1S/C14H16N2O.C3H3ClO2.ClH/c1-2-4-13-12(3-1)14(16-17-13)9-7-10-5-6-11(8-9)15-10;1-2-6-3(4)5;/h1-4,9-11,15H,5-8H2;2H,1H2;1H. The van der Waals surface area contributed by atoms with E-state index in [4.69, 9.17) is 4.52 Å². The average molecular weight is 371 g/mol. The first kappa shape index (κ1) is 18.8. The van der Waals surface area contributed by atoms with E-state index in [0.717, 1.165) is 11.8 Å². The molecule has 3 heterocycles. The third-order valence-electron chi connectivity index (χ3n) is 4.44. The Morgan fingerprint density at radius 3 is 2.58 bits per heavy atom. The van der Waals surface area contributed by atoms with Gasteiger partial charge in [0.1, 0.15) is 0 Å². The van der Waals surface area contributed by atoms with Crippen molar-refractivity contribution >= 4 is 40.4 Å². The van der Waals surface area contributed by atoms with E-state index in [1.165, 1.54) is 36.8 Å². The average Bonchev–Trinajstić information content (AvgIpc) is 3.11. The molecule has 2 aliphatic heterocycles. The van der Waals surface area contributed by atoms with Crippen molar-refractivity contribution in [3.63, 3.8) is 0 Å². The number of piperidine rings is 1. The number of aromatic nitrogens is 1. The summed E-state index contributed by atoms with van der Waals surface area (Å²) in [5.74, 6) is 0.581. The normalized spacial score (nSPS) is 24.5. The molecule has 0 aliphatic carbocycles. The molecule has 5 nitrogen and oxygen atoms in total. The van der Waals surface area contributed by atoms with Crippen LogP contribution in [0, 0.1) is 0 Å². The second-order valence-corrected chi connectivity index (χ2v) is 6.20. The molecule has 1 aromatic heterocycles. The lowest BCUT2D eigenvalue weighted by molar-refractivity contribution is 0.212. The van der Waals surface area contributed by atoms with Crippen molar-refractivity contribution in [1.29, 1.82) is 0 Å². The Morgan fingerprint density at radius 1 is 1.33 bits per heavy atom. The first-order chi connectivity index (χ1) is 11.2. The number of para-hydroxylation sites is 1. The van der Waals surface area contributed by atoms with Gasteiger partial charge in [-0.2, -0.15) is 0 Å². The lowest BCUT2D eigenvalue weighted by atomic mass is 9.88. The van der Waals surface area contributed by atoms with Crippen molar-refractivity contribution in [2.75, 3.05) is 0 Å². The van der Waals surface area contributed by atoms with Crippen molar-refractivity contribution < 1.29 is 14.1 Å². The number of nitrogens with one attached hydrogen (secondary N) is 1. The summed E-state index contributed by atoms with van der Waals surface area (Å²) in [6.07, 6.45) is 6.06. The summed E-state index contributed by atoms with van der Waals surface area (Å²) >= 11 is 4.65. The van der Waals surface area contributed by atoms with Crippen LogP contribution in [0.3, 0.4) is 0 Å². The maximum Gasteiger partial charge on any atom is 0.408 e. The third-order valence-corrected chi connectivity index (χ3v) is 4.53. The summed E-state index contributed by atoms with van der Waals surface area (Å²) in [7, 11) is 0. The highest BCUT2D eigenvalue weighted by molar-refractivity contribution is 6.61. The molecular formula is C17H20Cl2N2O3. The van der Waals surface area contributed by atoms with Crippen LogP contribution in [0.4, 0.5) is 4.79 Å². The van der Waals surface area contributed by atoms with E-state index in [1.54, 1.807) is 0 Å². The summed E-state index contributed by atoms with van der Waals surface area (Å²) in [5, 5.41) is 9.19. The zero-order valence-electron chi connectivity index (χ0n) is 13.1. The van der Waals surface area contributed by atoms with Gasteiger partial charge in [0.05, 0.1) is 12.0 Å². The minimum Gasteiger partial charge on any atom is -0.423 e. The van der Waals surface area contributed by atoms with Crippen LogP contribution in [0.25, 0.3) is 11.0 Å². The Hall–Kier alpha value is -1.56. The number of carbonyl (C=O) groups is 1. The summed E-state index contributed by atoms with van der Waals surface area (Å²) < 4.78 is 9.35. The van der Waals surface area contributed by atoms with Gasteiger partial charge in [0.25, 0.3) is 0 Å². The van der Waals surface area contributed by atoms with Crippen LogP contribution < -0.4 is 5.32 Å². The molecule has 2 fully saturated rings. The number of rotatable bonds is 2. The summed E-state index contributed by atoms with van der Waals surface area (Å²) in [4.78, 5) is 9.52. The van der Waals surface area contributed by atoms with Gasteiger partial charge in [-0.1, -0.05) is 23.9 Å². The molecule has 7 heteroatoms. The van der Waals surface area contributed by atoms with Crippen LogP contribution in [0.5, 0.6) is 0 Å². The molecule has 130 valence electrons. The minimum atomic E-state index is -0.856. The van der Waals surface area contributed by atoms with E-state index >= 15 is 0 Å². The van der Waals surface area contributed by atoms with E-state index in [1.807, 2.05) is 12.1 Å². The van der Waals surface area contributed by atoms with Gasteiger partial charge in [0, 0.05) is 35.0 Å². The van der Waals surface area contributed by atoms with E-state index in [9.17, 15) is 4.79 Å². The molecule has 0 spiro atoms. The maximum absolute atomic E-state index is 9.52. The fourth-order valence-corrected chi connectivity index (χ4v) is 3.61. The number of nitrogens with zero attached hydrogens (tertiary/aromatic N) is 1. The number of hydrogen-bond donors (Lipinski definition) is 1. The molecule has 1 aromatic carbocycles. The Morgan fingerprint density at radius 2 is 2.00 bits per heavy atom. The Bertz CT molecular complexity index is 692. The zero-order chi connectivity index (χ0) is 16.2. The van der Waals surface area contributed by atoms with E-state index in [-0.39, 0.29) is 12.4 Å². The topological polar surface area (TPSA) is 64.4 Å². The molecule has 2 aromatic rings. The second kappa shape index (κ2) is 8.51. The molecule has 0 saturated carbocycles. The summed E-state index contributed by atoms with van der Waals surface area (Å²) in [6.45, 7) is 3.07. The fourth-order valence-electron chi connectivity index (χ4n) is 3.55. The van der Waals surface area contributed by atoms with Gasteiger partial charge in [-0.3, -0.25) is 0 Å². The first-order valence-corrected chi connectivity index (χ1v) is 8.12. The van der Waals surface area contributed by atoms with Crippen LogP contribution in [-0.4, -0.2) is 22.7 Å². The molecule has 2 unspecified atom stereocenters. The molecule has 24 heavy (non-hydrogen) atoms. The van der Waals surface area contributed by atoms with Crippen LogP contribution in [0.1, 0.15) is 37.3 Å². The predicted octanol–water partition coefficient (Wildman–Crippen LogP) is 4.75. The van der Waals surface area contributed by atoms with Crippen LogP contribution >= 0.6 is 24.0 Å². The molecule has 2 saturated heterocycles. The number of fused-ring (bicyclic) bond motifs is 3. The van der Waals surface area contributed by atoms with Crippen molar-refractivity contribution in [3.05, 3.63) is 42.8 Å². The monoisotopic (exact) mass is 370 g/mol. The molecule has 4 rings (SSSR count). The van der Waals surface area contributed by atoms with Crippen molar-refractivity contribution in [2.24, 2.45) is 0 Å². The van der Waals surface area contributed by atoms with E-state index < -0.39 is 5.43 Å². The van der Waals surface area contributed by atoms with Crippen LogP contribution in [0.2, 0.25) is 0 Å². The van der Waals surface area contributed by atoms with Gasteiger partial charge < -0.3 is 14.6 Å². The number of ether oxygens (including phenoxy) is 1. The second-order valence-electron chi connectivity index (χ2n) is 5.89. The Labute approximate surface area is 151 Å². The van der Waals surface area contributed by atoms with Crippen LogP contribution in [-0.2, 0) is 4.74 Å². The van der Waals surface area contributed by atoms with Gasteiger partial charge in [-0.25, -0.2) is 4.79 Å². The maximum atomic E-state index is 9.52. The number of carbonyl (C=O) groups excluding carboxylic acids is 1.